The van der Waals surface area contributed by atoms with Gasteiger partial charge >= 0.3 is 5.97 Å². The number of hydrogen-bond acceptors (Lipinski definition) is 4. The van der Waals surface area contributed by atoms with Crippen LogP contribution < -0.4 is 0 Å². The molecule has 0 amide bonds. The second-order valence-electron chi connectivity index (χ2n) is 6.23. The Morgan fingerprint density at radius 2 is 1.61 bits per heavy atom. The Balaban J connectivity index is 2.00. The molecule has 4 rings (SSSR count). The molecule has 0 aliphatic carbocycles. The maximum absolute atomic E-state index is 12.2. The largest absolute Gasteiger partial charge is 0.494 e. The summed E-state index contributed by atoms with van der Waals surface area (Å²) in [5.74, 6) is -0.436. The first-order valence-electron chi connectivity index (χ1n) is 8.80. The van der Waals surface area contributed by atoms with Gasteiger partial charge in [0.05, 0.1) is 29.6 Å². The van der Waals surface area contributed by atoms with E-state index in [9.17, 15) is 9.90 Å². The predicted octanol–water partition coefficient (Wildman–Crippen LogP) is 4.83. The van der Waals surface area contributed by atoms with Gasteiger partial charge in [-0.15, -0.1) is 0 Å². The first kappa shape index (κ1) is 17.5. The Hall–Kier alpha value is -3.86. The first-order valence-corrected chi connectivity index (χ1v) is 8.80. The van der Waals surface area contributed by atoms with Crippen molar-refractivity contribution in [3.8, 4) is 5.88 Å². The summed E-state index contributed by atoms with van der Waals surface area (Å²) in [5, 5.41) is 11.5. The average Bonchev–Trinajstić information content (AvgIpc) is 3.08. The van der Waals surface area contributed by atoms with Crippen LogP contribution in [0.5, 0.6) is 5.88 Å². The van der Waals surface area contributed by atoms with E-state index in [4.69, 9.17) is 9.73 Å². The van der Waals surface area contributed by atoms with E-state index in [2.05, 4.69) is 4.98 Å². The molecule has 0 fully saturated rings. The van der Waals surface area contributed by atoms with Gasteiger partial charge in [0.25, 0.3) is 0 Å². The molecular weight excluding hydrogens is 352 g/mol. The molecular formula is C23H18N2O3. The lowest BCUT2D eigenvalue weighted by molar-refractivity contribution is 0.0601. The minimum Gasteiger partial charge on any atom is -0.494 e. The highest BCUT2D eigenvalue weighted by atomic mass is 16.5. The number of aromatic hydroxyl groups is 1. The van der Waals surface area contributed by atoms with Crippen molar-refractivity contribution >= 4 is 28.3 Å². The van der Waals surface area contributed by atoms with Crippen LogP contribution in [-0.4, -0.2) is 28.9 Å². The lowest BCUT2D eigenvalue weighted by Gasteiger charge is -2.09. The SMILES string of the molecule is COC(=O)c1ccccc1N=C(c1ccccc1)c1c(O)[nH]c2ccccc12. The lowest BCUT2D eigenvalue weighted by atomic mass is 10.0. The van der Waals surface area contributed by atoms with Crippen LogP contribution in [-0.2, 0) is 4.74 Å². The van der Waals surface area contributed by atoms with Crippen LogP contribution in [0.25, 0.3) is 10.9 Å². The summed E-state index contributed by atoms with van der Waals surface area (Å²) in [4.78, 5) is 20.0. The molecule has 1 heterocycles. The van der Waals surface area contributed by atoms with Crippen LogP contribution in [0.1, 0.15) is 21.5 Å². The minimum absolute atomic E-state index is 0.0272. The van der Waals surface area contributed by atoms with Crippen LogP contribution in [0.15, 0.2) is 83.9 Å². The summed E-state index contributed by atoms with van der Waals surface area (Å²) >= 11 is 0. The van der Waals surface area contributed by atoms with E-state index in [1.165, 1.54) is 7.11 Å². The molecule has 0 bridgehead atoms. The number of aromatic amines is 1. The van der Waals surface area contributed by atoms with Crippen LogP contribution >= 0.6 is 0 Å². The highest BCUT2D eigenvalue weighted by Gasteiger charge is 2.19. The number of methoxy groups -OCH3 is 1. The van der Waals surface area contributed by atoms with Gasteiger partial charge in [-0.25, -0.2) is 9.79 Å². The van der Waals surface area contributed by atoms with Crippen molar-refractivity contribution in [3.63, 3.8) is 0 Å². The fourth-order valence-electron chi connectivity index (χ4n) is 3.20. The molecule has 0 aliphatic rings. The Morgan fingerprint density at radius 1 is 0.929 bits per heavy atom. The molecule has 4 aromatic rings. The Bertz CT molecular complexity index is 1180. The third-order valence-electron chi connectivity index (χ3n) is 4.51. The number of carbonyl (C=O) groups is 1. The third kappa shape index (κ3) is 3.14. The van der Waals surface area contributed by atoms with Gasteiger partial charge in [-0.05, 0) is 18.2 Å². The number of para-hydroxylation sites is 2. The quantitative estimate of drug-likeness (QED) is 0.399. The molecule has 1 aromatic heterocycles. The summed E-state index contributed by atoms with van der Waals surface area (Å²) < 4.78 is 4.89. The monoisotopic (exact) mass is 370 g/mol. The number of rotatable bonds is 4. The molecule has 0 saturated carbocycles. The van der Waals surface area contributed by atoms with Crippen molar-refractivity contribution in [2.45, 2.75) is 0 Å². The number of esters is 1. The zero-order chi connectivity index (χ0) is 19.5. The van der Waals surface area contributed by atoms with Gasteiger partial charge in [0.2, 0.25) is 0 Å². The second kappa shape index (κ2) is 7.40. The number of ether oxygens (including phenoxy) is 1. The van der Waals surface area contributed by atoms with Gasteiger partial charge in [0.1, 0.15) is 0 Å². The zero-order valence-corrected chi connectivity index (χ0v) is 15.2. The van der Waals surface area contributed by atoms with Gasteiger partial charge in [0, 0.05) is 16.5 Å². The van der Waals surface area contributed by atoms with Crippen molar-refractivity contribution in [3.05, 3.63) is 95.6 Å². The van der Waals surface area contributed by atoms with Crippen LogP contribution in [0.3, 0.4) is 0 Å². The molecule has 0 atom stereocenters. The van der Waals surface area contributed by atoms with Gasteiger partial charge in [-0.3, -0.25) is 0 Å². The highest BCUT2D eigenvalue weighted by Crippen LogP contribution is 2.32. The lowest BCUT2D eigenvalue weighted by Crippen LogP contribution is -2.05. The summed E-state index contributed by atoms with van der Waals surface area (Å²) in [7, 11) is 1.34. The molecule has 138 valence electrons. The van der Waals surface area contributed by atoms with E-state index in [0.717, 1.165) is 16.5 Å². The maximum Gasteiger partial charge on any atom is 0.340 e. The molecule has 2 N–H and O–H groups in total. The van der Waals surface area contributed by atoms with E-state index in [1.54, 1.807) is 18.2 Å². The van der Waals surface area contributed by atoms with E-state index in [-0.39, 0.29) is 5.88 Å². The van der Waals surface area contributed by atoms with E-state index < -0.39 is 5.97 Å². The Morgan fingerprint density at radius 3 is 2.39 bits per heavy atom. The van der Waals surface area contributed by atoms with E-state index >= 15 is 0 Å². The molecule has 0 unspecified atom stereocenters. The summed E-state index contributed by atoms with van der Waals surface area (Å²) in [6.45, 7) is 0. The molecule has 5 heteroatoms. The van der Waals surface area contributed by atoms with Gasteiger partial charge in [-0.1, -0.05) is 60.7 Å². The summed E-state index contributed by atoms with van der Waals surface area (Å²) in [6.07, 6.45) is 0. The zero-order valence-electron chi connectivity index (χ0n) is 15.2. The normalized spacial score (nSPS) is 11.5. The number of benzene rings is 3. The Kier molecular flexibility index (Phi) is 4.64. The van der Waals surface area contributed by atoms with E-state index in [0.29, 0.717) is 22.5 Å². The fourth-order valence-corrected chi connectivity index (χ4v) is 3.20. The first-order chi connectivity index (χ1) is 13.7. The van der Waals surface area contributed by atoms with Crippen LogP contribution in [0.2, 0.25) is 0 Å². The van der Waals surface area contributed by atoms with Crippen molar-refractivity contribution in [1.29, 1.82) is 0 Å². The van der Waals surface area contributed by atoms with Crippen molar-refractivity contribution in [2.75, 3.05) is 7.11 Å². The number of nitrogens with zero attached hydrogens (tertiary/aromatic N) is 1. The van der Waals surface area contributed by atoms with Crippen molar-refractivity contribution < 1.29 is 14.6 Å². The number of H-pyrrole nitrogens is 1. The van der Waals surface area contributed by atoms with Crippen LogP contribution in [0.4, 0.5) is 5.69 Å². The van der Waals surface area contributed by atoms with Gasteiger partial charge in [0.15, 0.2) is 5.88 Å². The number of nitrogens with one attached hydrogen (secondary N) is 1. The molecule has 28 heavy (non-hydrogen) atoms. The summed E-state index contributed by atoms with van der Waals surface area (Å²) in [5.41, 5.74) is 3.60. The smallest absolute Gasteiger partial charge is 0.340 e. The topological polar surface area (TPSA) is 74.7 Å². The number of aromatic nitrogens is 1. The fraction of sp³-hybridized carbons (Fsp3) is 0.0435. The summed E-state index contributed by atoms with van der Waals surface area (Å²) in [6, 6.07) is 24.2. The minimum atomic E-state index is -0.463. The number of aliphatic imine (C=N–C) groups is 1. The van der Waals surface area contributed by atoms with Crippen molar-refractivity contribution in [1.82, 2.24) is 4.98 Å². The molecule has 0 saturated heterocycles. The maximum atomic E-state index is 12.2. The molecule has 0 aliphatic heterocycles. The third-order valence-corrected chi connectivity index (χ3v) is 4.51. The predicted molar refractivity (Wildman–Crippen MR) is 109 cm³/mol. The van der Waals surface area contributed by atoms with Crippen LogP contribution in [0, 0.1) is 0 Å². The Labute approximate surface area is 161 Å². The van der Waals surface area contributed by atoms with Gasteiger partial charge < -0.3 is 14.8 Å². The number of hydrogen-bond donors (Lipinski definition) is 2. The standard InChI is InChI=1S/C23H18N2O3/c1-28-23(27)17-12-6-8-14-19(17)24-21(15-9-3-2-4-10-15)20-16-11-5-7-13-18(16)25-22(20)26/h2-14,25-26H,1H3. The number of carbonyl (C=O) groups excluding carboxylic acids is 1. The van der Waals surface area contributed by atoms with Crippen molar-refractivity contribution in [2.24, 2.45) is 4.99 Å². The average molecular weight is 370 g/mol. The second-order valence-corrected chi connectivity index (χ2v) is 6.23. The molecule has 0 spiro atoms. The molecule has 5 nitrogen and oxygen atoms in total. The van der Waals surface area contributed by atoms with Gasteiger partial charge in [-0.2, -0.15) is 0 Å². The molecule has 3 aromatic carbocycles. The highest BCUT2D eigenvalue weighted by molar-refractivity contribution is 6.22. The number of fused-ring (bicyclic) bond motifs is 1. The van der Waals surface area contributed by atoms with E-state index in [1.807, 2.05) is 60.7 Å². The molecule has 0 radical (unpaired) electrons.